The number of carbonyl (C=O) groups is 1. The molecule has 0 radical (unpaired) electrons. The number of rotatable bonds is 4. The number of aromatic nitrogens is 1. The molecule has 4 nitrogen and oxygen atoms in total. The Kier molecular flexibility index (Phi) is 4.31. The molecule has 3 aliphatic carbocycles. The fourth-order valence-electron chi connectivity index (χ4n) is 5.98. The molecule has 0 aliphatic heterocycles. The molecule has 0 spiro atoms. The van der Waals surface area contributed by atoms with E-state index in [2.05, 4.69) is 23.2 Å². The number of hydrogen-bond acceptors (Lipinski definition) is 2. The first-order valence-electron chi connectivity index (χ1n) is 11.0. The Bertz CT molecular complexity index is 899. The smallest absolute Gasteiger partial charge is 0.229 e. The highest BCUT2D eigenvalue weighted by Gasteiger charge is 2.44. The number of amides is 1. The summed E-state index contributed by atoms with van der Waals surface area (Å²) in [5.41, 5.74) is 3.12. The van der Waals surface area contributed by atoms with E-state index in [1.54, 1.807) is 0 Å². The monoisotopic (exact) mass is 380 g/mol. The highest BCUT2D eigenvalue weighted by atomic mass is 16.3. The SMILES string of the molecule is CC(C(=O)N(C)C1CC2CCCC(O)(C2)C1)c1c[nH]c2cccc(C3CC3)c12. The van der Waals surface area contributed by atoms with E-state index >= 15 is 0 Å². The standard InChI is InChI=1S/C24H32N2O2/c1-15(20-14-25-21-7-3-6-19(22(20)21)17-8-9-17)23(27)26(2)18-11-16-5-4-10-24(28,12-16)13-18/h3,6-7,14-18,25,28H,4-5,8-13H2,1-2H3. The van der Waals surface area contributed by atoms with Crippen molar-refractivity contribution in [3.8, 4) is 0 Å². The van der Waals surface area contributed by atoms with Gasteiger partial charge in [0.15, 0.2) is 0 Å². The summed E-state index contributed by atoms with van der Waals surface area (Å²) in [7, 11) is 1.95. The number of nitrogens with zero attached hydrogens (tertiary/aromatic N) is 1. The Morgan fingerprint density at radius 2 is 2.11 bits per heavy atom. The molecule has 2 aromatic rings. The third-order valence-corrected chi connectivity index (χ3v) is 7.66. The summed E-state index contributed by atoms with van der Waals surface area (Å²) < 4.78 is 0. The fraction of sp³-hybridized carbons (Fsp3) is 0.625. The zero-order valence-corrected chi connectivity index (χ0v) is 17.1. The van der Waals surface area contributed by atoms with E-state index in [1.807, 2.05) is 25.1 Å². The number of fused-ring (bicyclic) bond motifs is 3. The van der Waals surface area contributed by atoms with Crippen LogP contribution in [-0.2, 0) is 4.79 Å². The van der Waals surface area contributed by atoms with E-state index in [0.717, 1.165) is 43.2 Å². The van der Waals surface area contributed by atoms with Gasteiger partial charge in [0.2, 0.25) is 5.91 Å². The van der Waals surface area contributed by atoms with Gasteiger partial charge in [0.05, 0.1) is 11.5 Å². The third kappa shape index (κ3) is 3.06. The molecule has 2 bridgehead atoms. The van der Waals surface area contributed by atoms with E-state index in [0.29, 0.717) is 11.8 Å². The van der Waals surface area contributed by atoms with E-state index in [1.165, 1.54) is 30.2 Å². The van der Waals surface area contributed by atoms with Gasteiger partial charge in [-0.25, -0.2) is 0 Å². The summed E-state index contributed by atoms with van der Waals surface area (Å²) in [5.74, 6) is 1.23. The van der Waals surface area contributed by atoms with Gasteiger partial charge in [-0.05, 0) is 74.5 Å². The lowest BCUT2D eigenvalue weighted by atomic mass is 9.67. The normalized spacial score (nSPS) is 31.0. The zero-order chi connectivity index (χ0) is 19.5. The van der Waals surface area contributed by atoms with Gasteiger partial charge in [-0.15, -0.1) is 0 Å². The second-order valence-corrected chi connectivity index (χ2v) is 9.74. The molecule has 28 heavy (non-hydrogen) atoms. The van der Waals surface area contributed by atoms with Crippen LogP contribution in [0, 0.1) is 5.92 Å². The van der Waals surface area contributed by atoms with E-state index in [-0.39, 0.29) is 17.9 Å². The third-order valence-electron chi connectivity index (χ3n) is 7.66. The van der Waals surface area contributed by atoms with Crippen molar-refractivity contribution >= 4 is 16.8 Å². The molecule has 3 aliphatic rings. The summed E-state index contributed by atoms with van der Waals surface area (Å²) in [5, 5.41) is 12.2. The zero-order valence-electron chi connectivity index (χ0n) is 17.1. The van der Waals surface area contributed by atoms with E-state index in [9.17, 15) is 9.90 Å². The maximum atomic E-state index is 13.4. The minimum absolute atomic E-state index is 0.159. The molecule has 150 valence electrons. The van der Waals surface area contributed by atoms with Crippen molar-refractivity contribution in [2.75, 3.05) is 7.05 Å². The predicted molar refractivity (Wildman–Crippen MR) is 111 cm³/mol. The quantitative estimate of drug-likeness (QED) is 0.808. The molecule has 3 fully saturated rings. The van der Waals surface area contributed by atoms with Crippen LogP contribution in [0.3, 0.4) is 0 Å². The molecule has 0 saturated heterocycles. The molecule has 1 amide bonds. The number of hydrogen-bond donors (Lipinski definition) is 2. The lowest BCUT2D eigenvalue weighted by Crippen LogP contribution is -2.51. The topological polar surface area (TPSA) is 56.3 Å². The minimum atomic E-state index is -0.552. The molecule has 2 N–H and O–H groups in total. The van der Waals surface area contributed by atoms with Crippen LogP contribution in [0.2, 0.25) is 0 Å². The van der Waals surface area contributed by atoms with Crippen molar-refractivity contribution in [3.63, 3.8) is 0 Å². The molecule has 5 rings (SSSR count). The maximum Gasteiger partial charge on any atom is 0.229 e. The number of aromatic amines is 1. The number of carbonyl (C=O) groups excluding carboxylic acids is 1. The first-order valence-corrected chi connectivity index (χ1v) is 11.0. The van der Waals surface area contributed by atoms with Gasteiger partial charge < -0.3 is 15.0 Å². The number of benzene rings is 1. The summed E-state index contributed by atoms with van der Waals surface area (Å²) in [6, 6.07) is 6.63. The maximum absolute atomic E-state index is 13.4. The van der Waals surface area contributed by atoms with Crippen LogP contribution >= 0.6 is 0 Å². The molecule has 1 heterocycles. The average Bonchev–Trinajstić information content (AvgIpc) is 3.43. The highest BCUT2D eigenvalue weighted by Crippen LogP contribution is 2.46. The summed E-state index contributed by atoms with van der Waals surface area (Å²) in [6.07, 6.45) is 10.5. The molecular weight excluding hydrogens is 348 g/mol. The Morgan fingerprint density at radius 1 is 1.29 bits per heavy atom. The van der Waals surface area contributed by atoms with Crippen LogP contribution in [0.25, 0.3) is 10.9 Å². The molecule has 1 aromatic carbocycles. The molecule has 4 atom stereocenters. The van der Waals surface area contributed by atoms with Crippen LogP contribution < -0.4 is 0 Å². The van der Waals surface area contributed by atoms with Crippen molar-refractivity contribution in [1.29, 1.82) is 0 Å². The van der Waals surface area contributed by atoms with Gasteiger partial charge in [-0.2, -0.15) is 0 Å². The molecular formula is C24H32N2O2. The average molecular weight is 381 g/mol. The predicted octanol–water partition coefficient (Wildman–Crippen LogP) is 4.69. The Balaban J connectivity index is 1.40. The highest BCUT2D eigenvalue weighted by molar-refractivity contribution is 5.94. The Hall–Kier alpha value is -1.81. The molecule has 1 aromatic heterocycles. The van der Waals surface area contributed by atoms with Crippen molar-refractivity contribution in [1.82, 2.24) is 9.88 Å². The van der Waals surface area contributed by atoms with Crippen molar-refractivity contribution < 1.29 is 9.90 Å². The summed E-state index contributed by atoms with van der Waals surface area (Å²) in [6.45, 7) is 2.05. The number of aliphatic hydroxyl groups is 1. The van der Waals surface area contributed by atoms with Gasteiger partial charge in [-0.1, -0.05) is 25.0 Å². The lowest BCUT2D eigenvalue weighted by molar-refractivity contribution is -0.138. The first kappa shape index (κ1) is 18.2. The van der Waals surface area contributed by atoms with Crippen molar-refractivity contribution in [2.45, 2.75) is 81.8 Å². The van der Waals surface area contributed by atoms with Crippen LogP contribution in [0.1, 0.15) is 81.3 Å². The van der Waals surface area contributed by atoms with Crippen LogP contribution in [0.5, 0.6) is 0 Å². The minimum Gasteiger partial charge on any atom is -0.390 e. The van der Waals surface area contributed by atoms with Gasteiger partial charge >= 0.3 is 0 Å². The number of likely N-dealkylation sites (N-methyl/N-ethyl adjacent to an activating group) is 1. The van der Waals surface area contributed by atoms with Crippen molar-refractivity contribution in [2.24, 2.45) is 5.92 Å². The van der Waals surface area contributed by atoms with Gasteiger partial charge in [0.25, 0.3) is 0 Å². The summed E-state index contributed by atoms with van der Waals surface area (Å²) in [4.78, 5) is 18.8. The second kappa shape index (κ2) is 6.62. The summed E-state index contributed by atoms with van der Waals surface area (Å²) >= 11 is 0. The van der Waals surface area contributed by atoms with Crippen LogP contribution in [0.15, 0.2) is 24.4 Å². The van der Waals surface area contributed by atoms with E-state index < -0.39 is 5.60 Å². The van der Waals surface area contributed by atoms with Gasteiger partial charge in [0, 0.05) is 30.2 Å². The number of nitrogens with one attached hydrogen (secondary N) is 1. The largest absolute Gasteiger partial charge is 0.390 e. The Morgan fingerprint density at radius 3 is 2.86 bits per heavy atom. The van der Waals surface area contributed by atoms with Gasteiger partial charge in [-0.3, -0.25) is 4.79 Å². The fourth-order valence-corrected chi connectivity index (χ4v) is 5.98. The lowest BCUT2D eigenvalue weighted by Gasteiger charge is -2.47. The Labute approximate surface area is 167 Å². The molecule has 4 unspecified atom stereocenters. The molecule has 4 heteroatoms. The first-order chi connectivity index (χ1) is 13.5. The van der Waals surface area contributed by atoms with Crippen LogP contribution in [0.4, 0.5) is 0 Å². The van der Waals surface area contributed by atoms with Crippen LogP contribution in [-0.4, -0.2) is 39.6 Å². The number of H-pyrrole nitrogens is 1. The molecule has 3 saturated carbocycles. The van der Waals surface area contributed by atoms with E-state index in [4.69, 9.17) is 0 Å². The van der Waals surface area contributed by atoms with Crippen molar-refractivity contribution in [3.05, 3.63) is 35.5 Å². The second-order valence-electron chi connectivity index (χ2n) is 9.74. The van der Waals surface area contributed by atoms with Gasteiger partial charge in [0.1, 0.15) is 0 Å².